The molecule has 2 saturated heterocycles. The zero-order valence-electron chi connectivity index (χ0n) is 17.3. The molecule has 1 aromatic carbocycles. The average molecular weight is 462 g/mol. The Hall–Kier alpha value is -2.89. The molecular formula is C22H21F3N4O4. The van der Waals surface area contributed by atoms with E-state index >= 15 is 0 Å². The number of halogens is 3. The molecule has 3 aliphatic heterocycles. The van der Waals surface area contributed by atoms with Gasteiger partial charge in [-0.25, -0.2) is 9.97 Å². The SMILES string of the molecule is OC1(C2COc3ccccc3C2Nc2ncnc3[nH]c(C(F)(F)F)cc23)CC2COC(C1)O2. The minimum absolute atomic E-state index is 0.0768. The zero-order valence-corrected chi connectivity index (χ0v) is 17.3. The number of aromatic nitrogens is 3. The fourth-order valence-corrected chi connectivity index (χ4v) is 5.15. The van der Waals surface area contributed by atoms with Crippen LogP contribution in [0.4, 0.5) is 19.0 Å². The first-order chi connectivity index (χ1) is 15.8. The smallest absolute Gasteiger partial charge is 0.431 e. The van der Waals surface area contributed by atoms with Crippen LogP contribution in [0.2, 0.25) is 0 Å². The second kappa shape index (κ2) is 7.31. The number of anilines is 1. The van der Waals surface area contributed by atoms with Gasteiger partial charge in [0.15, 0.2) is 6.29 Å². The van der Waals surface area contributed by atoms with E-state index in [2.05, 4.69) is 20.3 Å². The van der Waals surface area contributed by atoms with Crippen LogP contribution in [-0.4, -0.2) is 51.3 Å². The zero-order chi connectivity index (χ0) is 22.8. The first-order valence-corrected chi connectivity index (χ1v) is 10.7. The van der Waals surface area contributed by atoms with Gasteiger partial charge in [0.2, 0.25) is 0 Å². The van der Waals surface area contributed by atoms with Crippen molar-refractivity contribution >= 4 is 16.9 Å². The minimum Gasteiger partial charge on any atom is -0.493 e. The molecule has 3 aromatic rings. The van der Waals surface area contributed by atoms with E-state index in [0.717, 1.165) is 11.6 Å². The molecule has 2 aromatic heterocycles. The Morgan fingerprint density at radius 3 is 2.82 bits per heavy atom. The van der Waals surface area contributed by atoms with E-state index in [0.29, 0.717) is 18.8 Å². The summed E-state index contributed by atoms with van der Waals surface area (Å²) in [6.07, 6.45) is -3.38. The molecule has 5 unspecified atom stereocenters. The third kappa shape index (κ3) is 3.51. The maximum atomic E-state index is 13.3. The molecule has 8 nitrogen and oxygen atoms in total. The Morgan fingerprint density at radius 1 is 1.15 bits per heavy atom. The number of ether oxygens (including phenoxy) is 3. The number of rotatable bonds is 3. The summed E-state index contributed by atoms with van der Waals surface area (Å²) in [5.41, 5.74) is -1.19. The van der Waals surface area contributed by atoms with Crippen LogP contribution in [0.1, 0.15) is 30.1 Å². The van der Waals surface area contributed by atoms with Crippen molar-refractivity contribution < 1.29 is 32.5 Å². The molecule has 0 radical (unpaired) electrons. The quantitative estimate of drug-likeness (QED) is 0.548. The second-order valence-corrected chi connectivity index (χ2v) is 8.78. The molecule has 2 bridgehead atoms. The van der Waals surface area contributed by atoms with E-state index in [9.17, 15) is 18.3 Å². The predicted octanol–water partition coefficient (Wildman–Crippen LogP) is 3.40. The fraction of sp³-hybridized carbons (Fsp3) is 0.455. The highest BCUT2D eigenvalue weighted by atomic mass is 19.4. The number of hydrogen-bond donors (Lipinski definition) is 3. The number of aromatic amines is 1. The number of hydrogen-bond acceptors (Lipinski definition) is 7. The first kappa shape index (κ1) is 20.7. The molecule has 11 heteroatoms. The van der Waals surface area contributed by atoms with Crippen LogP contribution >= 0.6 is 0 Å². The Balaban J connectivity index is 1.41. The Kier molecular flexibility index (Phi) is 4.58. The minimum atomic E-state index is -4.54. The molecule has 0 amide bonds. The van der Waals surface area contributed by atoms with Gasteiger partial charge in [-0.05, 0) is 12.1 Å². The van der Waals surface area contributed by atoms with Crippen LogP contribution in [0, 0.1) is 5.92 Å². The van der Waals surface area contributed by atoms with Crippen molar-refractivity contribution in [2.75, 3.05) is 18.5 Å². The molecule has 174 valence electrons. The second-order valence-electron chi connectivity index (χ2n) is 8.78. The third-order valence-corrected chi connectivity index (χ3v) is 6.70. The van der Waals surface area contributed by atoms with E-state index in [1.54, 1.807) is 0 Å². The van der Waals surface area contributed by atoms with Crippen molar-refractivity contribution in [3.63, 3.8) is 0 Å². The van der Waals surface area contributed by atoms with Gasteiger partial charge in [-0.3, -0.25) is 0 Å². The molecule has 3 aliphatic rings. The normalized spacial score (nSPS) is 31.3. The third-order valence-electron chi connectivity index (χ3n) is 6.70. The number of nitrogens with zero attached hydrogens (tertiary/aromatic N) is 2. The number of H-pyrrole nitrogens is 1. The van der Waals surface area contributed by atoms with Crippen LogP contribution in [-0.2, 0) is 15.7 Å². The maximum absolute atomic E-state index is 13.3. The van der Waals surface area contributed by atoms with Crippen molar-refractivity contribution in [3.05, 3.63) is 47.9 Å². The predicted molar refractivity (Wildman–Crippen MR) is 109 cm³/mol. The van der Waals surface area contributed by atoms with E-state index < -0.39 is 35.7 Å². The van der Waals surface area contributed by atoms with Gasteiger partial charge in [-0.2, -0.15) is 13.2 Å². The number of aliphatic hydroxyl groups is 1. The fourth-order valence-electron chi connectivity index (χ4n) is 5.15. The first-order valence-electron chi connectivity index (χ1n) is 10.7. The van der Waals surface area contributed by atoms with Crippen molar-refractivity contribution in [1.29, 1.82) is 0 Å². The summed E-state index contributed by atoms with van der Waals surface area (Å²) in [7, 11) is 0. The van der Waals surface area contributed by atoms with Gasteiger partial charge >= 0.3 is 6.18 Å². The summed E-state index contributed by atoms with van der Waals surface area (Å²) in [5.74, 6) is 0.471. The topological polar surface area (TPSA) is 102 Å². The van der Waals surface area contributed by atoms with Crippen molar-refractivity contribution in [2.45, 2.75) is 43.1 Å². The van der Waals surface area contributed by atoms with Gasteiger partial charge in [0.1, 0.15) is 29.2 Å². The van der Waals surface area contributed by atoms with Crippen LogP contribution in [0.5, 0.6) is 5.75 Å². The Labute approximate surface area is 186 Å². The van der Waals surface area contributed by atoms with Crippen LogP contribution in [0.25, 0.3) is 11.0 Å². The lowest BCUT2D eigenvalue weighted by atomic mass is 9.73. The molecule has 5 heterocycles. The summed E-state index contributed by atoms with van der Waals surface area (Å²) < 4.78 is 57.1. The van der Waals surface area contributed by atoms with Gasteiger partial charge in [-0.15, -0.1) is 0 Å². The van der Waals surface area contributed by atoms with E-state index in [1.165, 1.54) is 6.33 Å². The van der Waals surface area contributed by atoms with E-state index in [4.69, 9.17) is 14.2 Å². The van der Waals surface area contributed by atoms with E-state index in [-0.39, 0.29) is 36.0 Å². The lowest BCUT2D eigenvalue weighted by molar-refractivity contribution is -0.182. The van der Waals surface area contributed by atoms with Gasteiger partial charge < -0.3 is 29.6 Å². The Bertz CT molecular complexity index is 1190. The van der Waals surface area contributed by atoms with E-state index in [1.807, 2.05) is 24.3 Å². The molecule has 0 saturated carbocycles. The molecule has 5 atom stereocenters. The van der Waals surface area contributed by atoms with Gasteiger partial charge in [0, 0.05) is 24.3 Å². The molecule has 2 fully saturated rings. The monoisotopic (exact) mass is 462 g/mol. The number of alkyl halides is 3. The highest BCUT2D eigenvalue weighted by Crippen LogP contribution is 2.48. The summed E-state index contributed by atoms with van der Waals surface area (Å²) in [5, 5.41) is 15.2. The van der Waals surface area contributed by atoms with Crippen LogP contribution in [0.3, 0.4) is 0 Å². The lowest BCUT2D eigenvalue weighted by Gasteiger charge is -2.46. The number of fused-ring (bicyclic) bond motifs is 4. The molecule has 6 rings (SSSR count). The number of nitrogens with one attached hydrogen (secondary N) is 2. The standard InChI is InChI=1S/C22H21F3N4O4/c23-22(24,25)16-5-13-19(28-16)26-10-27-20(13)29-18-12-3-1-2-4-15(12)31-9-14(18)21(30)6-11-8-32-17(7-21)33-11/h1-5,10-11,14,17-18,30H,6-9H2,(H2,26,27,28,29). The van der Waals surface area contributed by atoms with Gasteiger partial charge in [-0.1, -0.05) is 18.2 Å². The summed E-state index contributed by atoms with van der Waals surface area (Å²) >= 11 is 0. The number of para-hydroxylation sites is 1. The molecule has 0 aliphatic carbocycles. The molecule has 3 N–H and O–H groups in total. The van der Waals surface area contributed by atoms with Crippen molar-refractivity contribution in [2.24, 2.45) is 5.92 Å². The molecule has 33 heavy (non-hydrogen) atoms. The highest BCUT2D eigenvalue weighted by Gasteiger charge is 2.53. The average Bonchev–Trinajstić information content (AvgIpc) is 3.38. The summed E-state index contributed by atoms with van der Waals surface area (Å²) in [6, 6.07) is 7.93. The highest BCUT2D eigenvalue weighted by molar-refractivity contribution is 5.88. The summed E-state index contributed by atoms with van der Waals surface area (Å²) in [4.78, 5) is 10.5. The lowest BCUT2D eigenvalue weighted by Crippen LogP contribution is -2.53. The van der Waals surface area contributed by atoms with Crippen molar-refractivity contribution in [1.82, 2.24) is 15.0 Å². The largest absolute Gasteiger partial charge is 0.493 e. The number of benzene rings is 1. The van der Waals surface area contributed by atoms with Gasteiger partial charge in [0.25, 0.3) is 0 Å². The van der Waals surface area contributed by atoms with Gasteiger partial charge in [0.05, 0.1) is 36.3 Å². The van der Waals surface area contributed by atoms with Crippen molar-refractivity contribution in [3.8, 4) is 5.75 Å². The maximum Gasteiger partial charge on any atom is 0.431 e. The summed E-state index contributed by atoms with van der Waals surface area (Å²) in [6.45, 7) is 0.644. The van der Waals surface area contributed by atoms with Crippen LogP contribution in [0.15, 0.2) is 36.7 Å². The molecular weight excluding hydrogens is 441 g/mol. The van der Waals surface area contributed by atoms with Crippen LogP contribution < -0.4 is 10.1 Å². The Morgan fingerprint density at radius 2 is 2.00 bits per heavy atom. The molecule has 0 spiro atoms.